The smallest absolute Gasteiger partial charge is 0.193 e. The minimum atomic E-state index is 0. The van der Waals surface area contributed by atoms with Gasteiger partial charge in [-0.2, -0.15) is 0 Å². The maximum atomic E-state index is 5.71. The molecule has 0 radical (unpaired) electrons. The van der Waals surface area contributed by atoms with E-state index in [9.17, 15) is 0 Å². The van der Waals surface area contributed by atoms with E-state index < -0.39 is 0 Å². The summed E-state index contributed by atoms with van der Waals surface area (Å²) in [7, 11) is 2.08. The minimum Gasteiger partial charge on any atom is -0.489 e. The first-order valence-electron chi connectivity index (χ1n) is 8.63. The molecule has 140 valence electrons. The fraction of sp³-hybridized carbons (Fsp3) is 0.526. The van der Waals surface area contributed by atoms with Crippen molar-refractivity contribution in [3.8, 4) is 5.75 Å². The lowest BCUT2D eigenvalue weighted by molar-refractivity contribution is 0.181. The Bertz CT molecular complexity index is 545. The maximum Gasteiger partial charge on any atom is 0.193 e. The number of ether oxygens (including phenoxy) is 2. The van der Waals surface area contributed by atoms with E-state index in [-0.39, 0.29) is 24.0 Å². The average Bonchev–Trinajstić information content (AvgIpc) is 3.10. The number of benzene rings is 1. The van der Waals surface area contributed by atoms with Crippen molar-refractivity contribution in [2.45, 2.75) is 19.9 Å². The van der Waals surface area contributed by atoms with Crippen molar-refractivity contribution in [3.63, 3.8) is 0 Å². The molecule has 1 heterocycles. The second-order valence-corrected chi connectivity index (χ2v) is 5.99. The van der Waals surface area contributed by atoms with Gasteiger partial charge < -0.3 is 19.7 Å². The number of hydrogen-bond donors (Lipinski definition) is 1. The normalized spacial score (nSPS) is 16.9. The number of para-hydroxylation sites is 1. The van der Waals surface area contributed by atoms with Crippen molar-refractivity contribution in [1.29, 1.82) is 0 Å². The maximum absolute atomic E-state index is 5.71. The van der Waals surface area contributed by atoms with E-state index >= 15 is 0 Å². The van der Waals surface area contributed by atoms with E-state index in [4.69, 9.17) is 14.5 Å². The van der Waals surface area contributed by atoms with Gasteiger partial charge >= 0.3 is 0 Å². The van der Waals surface area contributed by atoms with Crippen molar-refractivity contribution in [3.05, 3.63) is 42.5 Å². The summed E-state index contributed by atoms with van der Waals surface area (Å²) < 4.78 is 11.2. The number of halogens is 1. The molecule has 1 saturated heterocycles. The first-order chi connectivity index (χ1) is 11.7. The summed E-state index contributed by atoms with van der Waals surface area (Å²) in [5.41, 5.74) is 1.08. The third-order valence-electron chi connectivity index (χ3n) is 3.98. The molecule has 0 saturated carbocycles. The zero-order valence-corrected chi connectivity index (χ0v) is 17.6. The average molecular weight is 459 g/mol. The van der Waals surface area contributed by atoms with Gasteiger partial charge in [0.2, 0.25) is 0 Å². The van der Waals surface area contributed by atoms with Crippen LogP contribution in [0.3, 0.4) is 0 Å². The van der Waals surface area contributed by atoms with Crippen LogP contribution in [0.1, 0.15) is 18.9 Å². The van der Waals surface area contributed by atoms with Gasteiger partial charge in [0.05, 0.1) is 13.2 Å². The van der Waals surface area contributed by atoms with Crippen LogP contribution in [-0.2, 0) is 11.3 Å². The topological polar surface area (TPSA) is 46.1 Å². The van der Waals surface area contributed by atoms with Crippen LogP contribution in [0.4, 0.5) is 0 Å². The third kappa shape index (κ3) is 7.23. The van der Waals surface area contributed by atoms with E-state index in [0.29, 0.717) is 19.1 Å². The van der Waals surface area contributed by atoms with Crippen LogP contribution in [0, 0.1) is 5.92 Å². The molecular formula is C19H30IN3O2. The highest BCUT2D eigenvalue weighted by atomic mass is 127. The lowest BCUT2D eigenvalue weighted by Crippen LogP contribution is -2.41. The molecule has 0 bridgehead atoms. The molecule has 1 aliphatic heterocycles. The van der Waals surface area contributed by atoms with E-state index in [2.05, 4.69) is 36.8 Å². The predicted octanol–water partition coefficient (Wildman–Crippen LogP) is 3.30. The van der Waals surface area contributed by atoms with Crippen molar-refractivity contribution >= 4 is 29.9 Å². The third-order valence-corrected chi connectivity index (χ3v) is 3.98. The lowest BCUT2D eigenvalue weighted by atomic mass is 10.1. The Morgan fingerprint density at radius 2 is 2.28 bits per heavy atom. The van der Waals surface area contributed by atoms with Gasteiger partial charge in [-0.15, -0.1) is 24.0 Å². The van der Waals surface area contributed by atoms with E-state index in [0.717, 1.165) is 50.0 Å². The van der Waals surface area contributed by atoms with Crippen LogP contribution in [0.25, 0.3) is 0 Å². The molecule has 0 aliphatic carbocycles. The molecule has 1 unspecified atom stereocenters. The summed E-state index contributed by atoms with van der Waals surface area (Å²) in [5.74, 6) is 2.37. The van der Waals surface area contributed by atoms with E-state index in [1.807, 2.05) is 18.2 Å². The number of hydrogen-bond acceptors (Lipinski definition) is 3. The summed E-state index contributed by atoms with van der Waals surface area (Å²) >= 11 is 0. The van der Waals surface area contributed by atoms with Crippen LogP contribution in [0.5, 0.6) is 5.75 Å². The van der Waals surface area contributed by atoms with Gasteiger partial charge in [0.15, 0.2) is 5.96 Å². The van der Waals surface area contributed by atoms with Gasteiger partial charge in [-0.25, -0.2) is 4.99 Å². The standard InChI is InChI=1S/C19H29N3O2.HI/c1-4-11-24-18-9-7-6-8-17(18)13-21-19(20-5-2)22(3)14-16-10-12-23-15-16;/h4,6-9,16H,1,5,10-15H2,2-3H3,(H,20,21);1H. The predicted molar refractivity (Wildman–Crippen MR) is 114 cm³/mol. The van der Waals surface area contributed by atoms with Gasteiger partial charge in [-0.05, 0) is 19.4 Å². The van der Waals surface area contributed by atoms with Gasteiger partial charge in [0.25, 0.3) is 0 Å². The van der Waals surface area contributed by atoms with Crippen molar-refractivity contribution < 1.29 is 9.47 Å². The lowest BCUT2D eigenvalue weighted by Gasteiger charge is -2.24. The van der Waals surface area contributed by atoms with E-state index in [1.54, 1.807) is 6.08 Å². The monoisotopic (exact) mass is 459 g/mol. The second-order valence-electron chi connectivity index (χ2n) is 5.99. The Morgan fingerprint density at radius 1 is 1.48 bits per heavy atom. The molecule has 2 rings (SSSR count). The molecule has 1 aromatic rings. The molecule has 1 aromatic carbocycles. The Morgan fingerprint density at radius 3 is 2.96 bits per heavy atom. The number of aliphatic imine (C=N–C) groups is 1. The van der Waals surface area contributed by atoms with Crippen molar-refractivity contribution in [2.75, 3.05) is 40.0 Å². The highest BCUT2D eigenvalue weighted by Crippen LogP contribution is 2.19. The summed E-state index contributed by atoms with van der Waals surface area (Å²) in [5, 5.41) is 3.37. The number of nitrogens with one attached hydrogen (secondary N) is 1. The fourth-order valence-electron chi connectivity index (χ4n) is 2.75. The van der Waals surface area contributed by atoms with Gasteiger partial charge in [-0.3, -0.25) is 0 Å². The Balaban J connectivity index is 0.00000312. The summed E-state index contributed by atoms with van der Waals surface area (Å²) in [6.45, 7) is 10.4. The number of nitrogens with zero attached hydrogens (tertiary/aromatic N) is 2. The molecule has 0 amide bonds. The van der Waals surface area contributed by atoms with E-state index in [1.165, 1.54) is 0 Å². The molecule has 1 atom stereocenters. The Hall–Kier alpha value is -1.28. The second kappa shape index (κ2) is 12.1. The quantitative estimate of drug-likeness (QED) is 0.281. The fourth-order valence-corrected chi connectivity index (χ4v) is 2.75. The molecule has 0 spiro atoms. The number of rotatable bonds is 8. The molecule has 0 aromatic heterocycles. The molecule has 1 fully saturated rings. The van der Waals surface area contributed by atoms with Crippen LogP contribution in [0.2, 0.25) is 0 Å². The minimum absolute atomic E-state index is 0. The first kappa shape index (κ1) is 21.8. The first-order valence-corrected chi connectivity index (χ1v) is 8.63. The van der Waals surface area contributed by atoms with Gasteiger partial charge in [0.1, 0.15) is 12.4 Å². The summed E-state index contributed by atoms with van der Waals surface area (Å²) in [6, 6.07) is 8.01. The zero-order chi connectivity index (χ0) is 17.2. The van der Waals surface area contributed by atoms with Crippen molar-refractivity contribution in [1.82, 2.24) is 10.2 Å². The largest absolute Gasteiger partial charge is 0.489 e. The highest BCUT2D eigenvalue weighted by molar-refractivity contribution is 14.0. The molecule has 1 aliphatic rings. The Labute approximate surface area is 168 Å². The van der Waals surface area contributed by atoms with Gasteiger partial charge in [0, 0.05) is 38.2 Å². The molecule has 5 nitrogen and oxygen atoms in total. The van der Waals surface area contributed by atoms with Crippen LogP contribution < -0.4 is 10.1 Å². The highest BCUT2D eigenvalue weighted by Gasteiger charge is 2.19. The van der Waals surface area contributed by atoms with Gasteiger partial charge in [-0.1, -0.05) is 30.9 Å². The SMILES string of the molecule is C=CCOc1ccccc1CN=C(NCC)N(C)CC1CCOC1.I. The zero-order valence-electron chi connectivity index (χ0n) is 15.2. The molecule has 1 N–H and O–H groups in total. The summed E-state index contributed by atoms with van der Waals surface area (Å²) in [6.07, 6.45) is 2.88. The van der Waals surface area contributed by atoms with Crippen LogP contribution in [0.15, 0.2) is 41.9 Å². The summed E-state index contributed by atoms with van der Waals surface area (Å²) in [4.78, 5) is 6.97. The molecule has 6 heteroatoms. The number of guanidine groups is 1. The van der Waals surface area contributed by atoms with Crippen molar-refractivity contribution in [2.24, 2.45) is 10.9 Å². The Kier molecular flexibility index (Phi) is 10.6. The molecular weight excluding hydrogens is 429 g/mol. The van der Waals surface area contributed by atoms with Crippen LogP contribution >= 0.6 is 24.0 Å². The van der Waals surface area contributed by atoms with Crippen LogP contribution in [-0.4, -0.2) is 50.8 Å². The molecule has 25 heavy (non-hydrogen) atoms.